The van der Waals surface area contributed by atoms with Gasteiger partial charge in [-0.2, -0.15) is 0 Å². The topological polar surface area (TPSA) is 51.8 Å². The number of hydrogen-bond donors (Lipinski definition) is 1. The number of nitrogens with two attached hydrogens (primary N) is 1. The molecule has 0 aliphatic rings. The molecule has 2 N–H and O–H groups in total. The van der Waals surface area contributed by atoms with Gasteiger partial charge in [0.15, 0.2) is 0 Å². The van der Waals surface area contributed by atoms with Gasteiger partial charge in [0.1, 0.15) is 10.2 Å². The highest BCUT2D eigenvalue weighted by Gasteiger charge is 2.07. The Morgan fingerprint density at radius 1 is 1.50 bits per heavy atom. The zero-order valence-corrected chi connectivity index (χ0v) is 8.85. The summed E-state index contributed by atoms with van der Waals surface area (Å²) < 4.78 is 0. The van der Waals surface area contributed by atoms with Crippen LogP contribution in [-0.4, -0.2) is 9.97 Å². The lowest BCUT2D eigenvalue weighted by Crippen LogP contribution is -1.95. The normalized spacial score (nSPS) is 10.4. The summed E-state index contributed by atoms with van der Waals surface area (Å²) in [6.45, 7) is 0.453. The Balaban J connectivity index is 2.44. The number of aromatic nitrogens is 2. The second-order valence-corrected chi connectivity index (χ2v) is 3.91. The van der Waals surface area contributed by atoms with E-state index in [-0.39, 0.29) is 0 Å². The highest BCUT2D eigenvalue weighted by molar-refractivity contribution is 7.13. The molecule has 2 aromatic heterocycles. The van der Waals surface area contributed by atoms with Crippen LogP contribution in [0.2, 0.25) is 5.15 Å². The molecule has 0 aliphatic carbocycles. The predicted molar refractivity (Wildman–Crippen MR) is 58.2 cm³/mol. The van der Waals surface area contributed by atoms with Gasteiger partial charge in [0.05, 0.1) is 5.69 Å². The maximum Gasteiger partial charge on any atom is 0.139 e. The summed E-state index contributed by atoms with van der Waals surface area (Å²) in [5.41, 5.74) is 7.21. The van der Waals surface area contributed by atoms with Gasteiger partial charge < -0.3 is 5.73 Å². The third-order valence-corrected chi connectivity index (χ3v) is 2.98. The largest absolute Gasteiger partial charge is 0.325 e. The summed E-state index contributed by atoms with van der Waals surface area (Å²) in [7, 11) is 0. The Bertz CT molecular complexity index is 441. The number of thiazole rings is 1. The number of pyridine rings is 1. The van der Waals surface area contributed by atoms with Crippen molar-refractivity contribution in [1.29, 1.82) is 0 Å². The van der Waals surface area contributed by atoms with E-state index in [1.165, 1.54) is 11.3 Å². The van der Waals surface area contributed by atoms with Crippen molar-refractivity contribution in [2.24, 2.45) is 5.73 Å². The van der Waals surface area contributed by atoms with E-state index in [0.29, 0.717) is 11.7 Å². The standard InChI is InChI=1S/C9H8ClN3S/c10-8-7(2-1-3-12-8)9-13-6(4-11)5-14-9/h1-3,5H,4,11H2. The zero-order valence-electron chi connectivity index (χ0n) is 7.27. The average Bonchev–Trinajstić information content (AvgIpc) is 2.67. The fourth-order valence-corrected chi connectivity index (χ4v) is 2.19. The number of hydrogen-bond acceptors (Lipinski definition) is 4. The maximum atomic E-state index is 5.94. The van der Waals surface area contributed by atoms with Crippen LogP contribution in [-0.2, 0) is 6.54 Å². The van der Waals surface area contributed by atoms with Gasteiger partial charge in [-0.3, -0.25) is 0 Å². The summed E-state index contributed by atoms with van der Waals surface area (Å²) in [5, 5.41) is 3.27. The van der Waals surface area contributed by atoms with Gasteiger partial charge in [0.25, 0.3) is 0 Å². The molecule has 0 amide bonds. The fraction of sp³-hybridized carbons (Fsp3) is 0.111. The van der Waals surface area contributed by atoms with Crippen molar-refractivity contribution in [1.82, 2.24) is 9.97 Å². The smallest absolute Gasteiger partial charge is 0.139 e. The van der Waals surface area contributed by atoms with E-state index >= 15 is 0 Å². The molecule has 3 nitrogen and oxygen atoms in total. The second-order valence-electron chi connectivity index (χ2n) is 2.69. The van der Waals surface area contributed by atoms with E-state index in [4.69, 9.17) is 17.3 Å². The Kier molecular flexibility index (Phi) is 2.77. The third-order valence-electron chi connectivity index (χ3n) is 1.75. The lowest BCUT2D eigenvalue weighted by Gasteiger charge is -1.97. The van der Waals surface area contributed by atoms with Gasteiger partial charge in [0, 0.05) is 23.7 Å². The average molecular weight is 226 g/mol. The molecule has 72 valence electrons. The van der Waals surface area contributed by atoms with E-state index in [2.05, 4.69) is 9.97 Å². The minimum atomic E-state index is 0.453. The molecule has 2 aromatic rings. The van der Waals surface area contributed by atoms with Crippen LogP contribution in [0.1, 0.15) is 5.69 Å². The van der Waals surface area contributed by atoms with Crippen LogP contribution in [0.3, 0.4) is 0 Å². The fourth-order valence-electron chi connectivity index (χ4n) is 1.07. The van der Waals surface area contributed by atoms with E-state index in [1.54, 1.807) is 6.20 Å². The van der Waals surface area contributed by atoms with Crippen LogP contribution >= 0.6 is 22.9 Å². The van der Waals surface area contributed by atoms with Crippen molar-refractivity contribution in [2.75, 3.05) is 0 Å². The summed E-state index contributed by atoms with van der Waals surface area (Å²) in [4.78, 5) is 8.32. The van der Waals surface area contributed by atoms with Crippen molar-refractivity contribution in [3.63, 3.8) is 0 Å². The van der Waals surface area contributed by atoms with E-state index in [0.717, 1.165) is 16.3 Å². The molecule has 2 heterocycles. The number of nitrogens with zero attached hydrogens (tertiary/aromatic N) is 2. The number of halogens is 1. The molecule has 0 atom stereocenters. The highest BCUT2D eigenvalue weighted by Crippen LogP contribution is 2.28. The molecule has 0 unspecified atom stereocenters. The van der Waals surface area contributed by atoms with Gasteiger partial charge in [-0.25, -0.2) is 9.97 Å². The Labute approximate surface area is 90.6 Å². The molecular weight excluding hydrogens is 218 g/mol. The minimum absolute atomic E-state index is 0.453. The summed E-state index contributed by atoms with van der Waals surface area (Å²) in [6.07, 6.45) is 1.66. The second kappa shape index (κ2) is 4.04. The first-order valence-electron chi connectivity index (χ1n) is 4.06. The van der Waals surface area contributed by atoms with Crippen molar-refractivity contribution in [2.45, 2.75) is 6.54 Å². The Morgan fingerprint density at radius 2 is 2.36 bits per heavy atom. The lowest BCUT2D eigenvalue weighted by molar-refractivity contribution is 1.01. The highest BCUT2D eigenvalue weighted by atomic mass is 35.5. The quantitative estimate of drug-likeness (QED) is 0.799. The van der Waals surface area contributed by atoms with Crippen LogP contribution in [0.15, 0.2) is 23.7 Å². The SMILES string of the molecule is NCc1csc(-c2cccnc2Cl)n1. The first-order valence-corrected chi connectivity index (χ1v) is 5.32. The molecule has 0 saturated carbocycles. The summed E-state index contributed by atoms with van der Waals surface area (Å²) in [6, 6.07) is 3.74. The molecule has 0 saturated heterocycles. The molecule has 0 spiro atoms. The molecule has 0 bridgehead atoms. The van der Waals surface area contributed by atoms with Crippen molar-refractivity contribution in [3.8, 4) is 10.6 Å². The van der Waals surface area contributed by atoms with Crippen molar-refractivity contribution < 1.29 is 0 Å². The van der Waals surface area contributed by atoms with Crippen LogP contribution in [0.5, 0.6) is 0 Å². The van der Waals surface area contributed by atoms with Gasteiger partial charge in [-0.05, 0) is 12.1 Å². The molecular formula is C9H8ClN3S. The van der Waals surface area contributed by atoms with Gasteiger partial charge in [-0.15, -0.1) is 11.3 Å². The maximum absolute atomic E-state index is 5.94. The Morgan fingerprint density at radius 3 is 3.00 bits per heavy atom. The van der Waals surface area contributed by atoms with Crippen molar-refractivity contribution in [3.05, 3.63) is 34.6 Å². The lowest BCUT2D eigenvalue weighted by atomic mass is 10.3. The van der Waals surface area contributed by atoms with Crippen molar-refractivity contribution >= 4 is 22.9 Å². The summed E-state index contributed by atoms with van der Waals surface area (Å²) in [5.74, 6) is 0. The predicted octanol–water partition coefficient (Wildman–Crippen LogP) is 2.32. The van der Waals surface area contributed by atoms with Crippen LogP contribution in [0.25, 0.3) is 10.6 Å². The van der Waals surface area contributed by atoms with E-state index in [9.17, 15) is 0 Å². The molecule has 14 heavy (non-hydrogen) atoms. The monoisotopic (exact) mass is 225 g/mol. The molecule has 0 aliphatic heterocycles. The van der Waals surface area contributed by atoms with Crippen LogP contribution < -0.4 is 5.73 Å². The molecule has 2 rings (SSSR count). The van der Waals surface area contributed by atoms with Gasteiger partial charge >= 0.3 is 0 Å². The van der Waals surface area contributed by atoms with E-state index in [1.807, 2.05) is 17.5 Å². The molecule has 0 radical (unpaired) electrons. The van der Waals surface area contributed by atoms with E-state index < -0.39 is 0 Å². The van der Waals surface area contributed by atoms with Gasteiger partial charge in [-0.1, -0.05) is 11.6 Å². The number of rotatable bonds is 2. The summed E-state index contributed by atoms with van der Waals surface area (Å²) >= 11 is 7.46. The van der Waals surface area contributed by atoms with Gasteiger partial charge in [0.2, 0.25) is 0 Å². The zero-order chi connectivity index (χ0) is 9.97. The third kappa shape index (κ3) is 1.77. The first-order chi connectivity index (χ1) is 6.81. The first kappa shape index (κ1) is 9.58. The molecule has 0 aromatic carbocycles. The van der Waals surface area contributed by atoms with Crippen LogP contribution in [0.4, 0.5) is 0 Å². The minimum Gasteiger partial charge on any atom is -0.325 e. The molecule has 0 fully saturated rings. The molecule has 5 heteroatoms. The Hall–Kier alpha value is -0.970. The van der Waals surface area contributed by atoms with Crippen LogP contribution in [0, 0.1) is 0 Å².